The fraction of sp³-hybridized carbons (Fsp3) is 0.333. The number of halogens is 1. The van der Waals surface area contributed by atoms with Crippen LogP contribution in [0.3, 0.4) is 0 Å². The summed E-state index contributed by atoms with van der Waals surface area (Å²) in [5, 5.41) is 0. The van der Waals surface area contributed by atoms with Crippen molar-refractivity contribution >= 4 is 22.0 Å². The molecule has 0 aliphatic carbocycles. The number of hydrogen-bond acceptors (Lipinski definition) is 5. The first-order chi connectivity index (χ1) is 14.2. The van der Waals surface area contributed by atoms with Gasteiger partial charge in [0, 0.05) is 38.5 Å². The second-order valence-corrected chi connectivity index (χ2v) is 9.19. The maximum Gasteiger partial charge on any atom is 0.246 e. The Morgan fingerprint density at radius 3 is 2.63 bits per heavy atom. The van der Waals surface area contributed by atoms with Gasteiger partial charge in [-0.1, -0.05) is 6.07 Å². The van der Waals surface area contributed by atoms with Gasteiger partial charge in [-0.25, -0.2) is 17.1 Å². The SMILES string of the molecule is CN(C1CCN(C(=O)/C=C/c2ccc(Oc3cccnc3)c(F)c2)CC1)S(C)(=O)=O. The second-order valence-electron chi connectivity index (χ2n) is 7.15. The highest BCUT2D eigenvalue weighted by molar-refractivity contribution is 7.88. The van der Waals surface area contributed by atoms with Crippen LogP contribution < -0.4 is 4.74 Å². The standard InChI is InChI=1S/C21H24FN3O4S/c1-24(30(2,27)28)17-9-12-25(13-10-17)21(26)8-6-16-5-7-20(19(22)14-16)29-18-4-3-11-23-15-18/h3-8,11,14-15,17H,9-10,12-13H2,1-2H3/b8-6+. The number of benzene rings is 1. The van der Waals surface area contributed by atoms with Crippen LogP contribution in [0.4, 0.5) is 4.39 Å². The molecule has 0 saturated carbocycles. The minimum absolute atomic E-state index is 0.0727. The number of piperidine rings is 1. The van der Waals surface area contributed by atoms with Gasteiger partial charge in [0.2, 0.25) is 15.9 Å². The van der Waals surface area contributed by atoms with Crippen molar-refractivity contribution in [2.45, 2.75) is 18.9 Å². The summed E-state index contributed by atoms with van der Waals surface area (Å²) in [5.74, 6) is -0.229. The normalized spacial score (nSPS) is 15.7. The van der Waals surface area contributed by atoms with Gasteiger partial charge in [-0.3, -0.25) is 9.78 Å². The number of carbonyl (C=O) groups is 1. The molecule has 0 unspecified atom stereocenters. The predicted octanol–water partition coefficient (Wildman–Crippen LogP) is 2.91. The Morgan fingerprint density at radius 1 is 1.30 bits per heavy atom. The van der Waals surface area contributed by atoms with E-state index in [1.165, 1.54) is 35.0 Å². The number of carbonyl (C=O) groups excluding carboxylic acids is 1. The van der Waals surface area contributed by atoms with E-state index in [2.05, 4.69) is 4.98 Å². The highest BCUT2D eigenvalue weighted by atomic mass is 32.2. The van der Waals surface area contributed by atoms with Crippen LogP contribution in [0.1, 0.15) is 18.4 Å². The van der Waals surface area contributed by atoms with Crippen molar-refractivity contribution in [3.63, 3.8) is 0 Å². The lowest BCUT2D eigenvalue weighted by atomic mass is 10.1. The Morgan fingerprint density at radius 2 is 2.03 bits per heavy atom. The average Bonchev–Trinajstić information content (AvgIpc) is 2.73. The van der Waals surface area contributed by atoms with Gasteiger partial charge >= 0.3 is 0 Å². The third-order valence-electron chi connectivity index (χ3n) is 5.05. The first kappa shape index (κ1) is 21.9. The number of hydrogen-bond donors (Lipinski definition) is 0. The van der Waals surface area contributed by atoms with Crippen molar-refractivity contribution in [2.24, 2.45) is 0 Å². The summed E-state index contributed by atoms with van der Waals surface area (Å²) in [4.78, 5) is 18.0. The molecule has 2 heterocycles. The summed E-state index contributed by atoms with van der Waals surface area (Å²) in [6.45, 7) is 0.944. The van der Waals surface area contributed by atoms with E-state index in [9.17, 15) is 17.6 Å². The van der Waals surface area contributed by atoms with Gasteiger partial charge < -0.3 is 9.64 Å². The number of likely N-dealkylation sites (tertiary alicyclic amines) is 1. The summed E-state index contributed by atoms with van der Waals surface area (Å²) in [6.07, 6.45) is 8.38. The summed E-state index contributed by atoms with van der Waals surface area (Å²) in [5.41, 5.74) is 0.533. The predicted molar refractivity (Wildman–Crippen MR) is 112 cm³/mol. The van der Waals surface area contributed by atoms with Gasteiger partial charge in [-0.05, 0) is 48.7 Å². The third kappa shape index (κ3) is 5.64. The Hall–Kier alpha value is -2.78. The molecule has 1 fully saturated rings. The lowest BCUT2D eigenvalue weighted by molar-refractivity contribution is -0.127. The molecule has 3 rings (SSSR count). The van der Waals surface area contributed by atoms with Gasteiger partial charge in [0.1, 0.15) is 5.75 Å². The molecule has 30 heavy (non-hydrogen) atoms. The number of sulfonamides is 1. The van der Waals surface area contributed by atoms with Crippen LogP contribution in [0.2, 0.25) is 0 Å². The fourth-order valence-corrected chi connectivity index (χ4v) is 3.98. The third-order valence-corrected chi connectivity index (χ3v) is 6.39. The zero-order valence-corrected chi connectivity index (χ0v) is 17.7. The number of aromatic nitrogens is 1. The number of ether oxygens (including phenoxy) is 1. The van der Waals surface area contributed by atoms with Gasteiger partial charge in [0.15, 0.2) is 11.6 Å². The first-order valence-corrected chi connectivity index (χ1v) is 11.4. The van der Waals surface area contributed by atoms with Gasteiger partial charge in [-0.15, -0.1) is 0 Å². The van der Waals surface area contributed by atoms with Crippen LogP contribution in [-0.2, 0) is 14.8 Å². The van der Waals surface area contributed by atoms with Crippen molar-refractivity contribution in [1.82, 2.24) is 14.2 Å². The Labute approximate surface area is 175 Å². The maximum absolute atomic E-state index is 14.3. The average molecular weight is 434 g/mol. The van der Waals surface area contributed by atoms with Crippen molar-refractivity contribution < 1.29 is 22.3 Å². The summed E-state index contributed by atoms with van der Waals surface area (Å²) < 4.78 is 44.4. The number of amides is 1. The summed E-state index contributed by atoms with van der Waals surface area (Å²) >= 11 is 0. The highest BCUT2D eigenvalue weighted by Crippen LogP contribution is 2.25. The maximum atomic E-state index is 14.3. The Kier molecular flexibility index (Phi) is 6.84. The molecule has 1 aromatic heterocycles. The molecular weight excluding hydrogens is 409 g/mol. The monoisotopic (exact) mass is 433 g/mol. The molecule has 1 aliphatic rings. The van der Waals surface area contributed by atoms with Crippen LogP contribution in [0.15, 0.2) is 48.8 Å². The molecule has 0 radical (unpaired) electrons. The molecule has 1 saturated heterocycles. The van der Waals surface area contributed by atoms with Crippen LogP contribution >= 0.6 is 0 Å². The lowest BCUT2D eigenvalue weighted by Crippen LogP contribution is -2.46. The van der Waals surface area contributed by atoms with Gasteiger partial charge in [0.25, 0.3) is 0 Å². The van der Waals surface area contributed by atoms with E-state index in [0.29, 0.717) is 37.2 Å². The minimum atomic E-state index is -3.25. The molecule has 0 bridgehead atoms. The molecule has 2 aromatic rings. The highest BCUT2D eigenvalue weighted by Gasteiger charge is 2.28. The molecule has 0 N–H and O–H groups in total. The van der Waals surface area contributed by atoms with E-state index in [1.807, 2.05) is 0 Å². The number of nitrogens with zero attached hydrogens (tertiary/aromatic N) is 3. The minimum Gasteiger partial charge on any atom is -0.453 e. The Bertz CT molecular complexity index is 1020. The molecule has 1 aromatic carbocycles. The fourth-order valence-electron chi connectivity index (χ4n) is 3.23. The zero-order chi connectivity index (χ0) is 21.7. The molecule has 1 aliphatic heterocycles. The van der Waals surface area contributed by atoms with E-state index in [1.54, 1.807) is 42.4 Å². The quantitative estimate of drug-likeness (QED) is 0.655. The van der Waals surface area contributed by atoms with Crippen LogP contribution in [0, 0.1) is 5.82 Å². The lowest BCUT2D eigenvalue weighted by Gasteiger charge is -2.35. The van der Waals surface area contributed by atoms with Crippen LogP contribution in [0.25, 0.3) is 6.08 Å². The first-order valence-electron chi connectivity index (χ1n) is 9.51. The summed E-state index contributed by atoms with van der Waals surface area (Å²) in [7, 11) is -1.68. The van der Waals surface area contributed by atoms with Crippen molar-refractivity contribution in [1.29, 1.82) is 0 Å². The second kappa shape index (κ2) is 9.36. The van der Waals surface area contributed by atoms with E-state index in [4.69, 9.17) is 4.74 Å². The topological polar surface area (TPSA) is 79.8 Å². The van der Waals surface area contributed by atoms with Crippen molar-refractivity contribution in [3.8, 4) is 11.5 Å². The molecule has 160 valence electrons. The molecule has 9 heteroatoms. The molecule has 7 nitrogen and oxygen atoms in total. The van der Waals surface area contributed by atoms with E-state index in [0.717, 1.165) is 0 Å². The molecule has 1 amide bonds. The smallest absolute Gasteiger partial charge is 0.246 e. The molecule has 0 atom stereocenters. The Balaban J connectivity index is 1.57. The molecule has 0 spiro atoms. The van der Waals surface area contributed by atoms with Gasteiger partial charge in [-0.2, -0.15) is 0 Å². The largest absolute Gasteiger partial charge is 0.453 e. The number of pyridine rings is 1. The van der Waals surface area contributed by atoms with Crippen molar-refractivity contribution in [3.05, 3.63) is 60.2 Å². The van der Waals surface area contributed by atoms with Crippen molar-refractivity contribution in [2.75, 3.05) is 26.4 Å². The zero-order valence-electron chi connectivity index (χ0n) is 16.9. The van der Waals surface area contributed by atoms with E-state index in [-0.39, 0.29) is 17.7 Å². The van der Waals surface area contributed by atoms with E-state index >= 15 is 0 Å². The van der Waals surface area contributed by atoms with Crippen LogP contribution in [0.5, 0.6) is 11.5 Å². The van der Waals surface area contributed by atoms with Crippen LogP contribution in [-0.4, -0.2) is 60.9 Å². The number of rotatable bonds is 6. The molecular formula is C21H24FN3O4S. The summed E-state index contributed by atoms with van der Waals surface area (Å²) in [6, 6.07) is 7.72. The van der Waals surface area contributed by atoms with E-state index < -0.39 is 15.8 Å². The van der Waals surface area contributed by atoms with Gasteiger partial charge in [0.05, 0.1) is 12.5 Å².